The summed E-state index contributed by atoms with van der Waals surface area (Å²) in [6.45, 7) is 3.99. The zero-order valence-electron chi connectivity index (χ0n) is 12.4. The first-order valence-electron chi connectivity index (χ1n) is 7.13. The fourth-order valence-electron chi connectivity index (χ4n) is 2.44. The molecule has 0 bridgehead atoms. The van der Waals surface area contributed by atoms with E-state index in [1.54, 1.807) is 0 Å². The second-order valence-corrected chi connectivity index (χ2v) is 5.96. The van der Waals surface area contributed by atoms with Gasteiger partial charge in [0.25, 0.3) is 5.91 Å². The molecule has 4 nitrogen and oxygen atoms in total. The lowest BCUT2D eigenvalue weighted by Gasteiger charge is -2.08. The second kappa shape index (κ2) is 5.93. The number of fused-ring (bicyclic) bond motifs is 1. The average molecular weight is 358 g/mol. The molecule has 22 heavy (non-hydrogen) atoms. The lowest BCUT2D eigenvalue weighted by molar-refractivity contribution is 0.102. The highest BCUT2D eigenvalue weighted by atomic mass is 79.9. The molecule has 0 saturated heterocycles. The van der Waals surface area contributed by atoms with Crippen LogP contribution >= 0.6 is 15.9 Å². The van der Waals surface area contributed by atoms with Gasteiger partial charge in [0.05, 0.1) is 5.69 Å². The minimum Gasteiger partial charge on any atom is -0.321 e. The molecule has 1 N–H and O–H groups in total. The zero-order valence-corrected chi connectivity index (χ0v) is 14.0. The quantitative estimate of drug-likeness (QED) is 0.762. The number of hydrogen-bond donors (Lipinski definition) is 1. The Bertz CT molecular complexity index is 854. The van der Waals surface area contributed by atoms with Crippen molar-refractivity contribution in [3.8, 4) is 0 Å². The van der Waals surface area contributed by atoms with Gasteiger partial charge in [-0.05, 0) is 49.2 Å². The van der Waals surface area contributed by atoms with Gasteiger partial charge in [-0.3, -0.25) is 9.20 Å². The molecular weight excluding hydrogens is 342 g/mol. The SMILES string of the molecule is CCc1nc2ccccn2c1C(=O)Nc1ccc(Br)c(C)c1. The van der Waals surface area contributed by atoms with Gasteiger partial charge in [-0.2, -0.15) is 0 Å². The normalized spacial score (nSPS) is 10.9. The number of rotatable bonds is 3. The van der Waals surface area contributed by atoms with E-state index in [4.69, 9.17) is 0 Å². The highest BCUT2D eigenvalue weighted by molar-refractivity contribution is 9.10. The largest absolute Gasteiger partial charge is 0.321 e. The molecule has 0 atom stereocenters. The van der Waals surface area contributed by atoms with Crippen LogP contribution in [0.15, 0.2) is 47.1 Å². The Morgan fingerprint density at radius 3 is 2.86 bits per heavy atom. The fourth-order valence-corrected chi connectivity index (χ4v) is 2.69. The highest BCUT2D eigenvalue weighted by Crippen LogP contribution is 2.21. The van der Waals surface area contributed by atoms with Gasteiger partial charge in [0, 0.05) is 16.4 Å². The molecular formula is C17H16BrN3O. The summed E-state index contributed by atoms with van der Waals surface area (Å²) in [5.41, 5.74) is 4.04. The monoisotopic (exact) mass is 357 g/mol. The predicted molar refractivity (Wildman–Crippen MR) is 91.4 cm³/mol. The summed E-state index contributed by atoms with van der Waals surface area (Å²) in [5, 5.41) is 2.96. The minimum absolute atomic E-state index is 0.141. The van der Waals surface area contributed by atoms with Crippen LogP contribution in [-0.4, -0.2) is 15.3 Å². The molecule has 3 rings (SSSR count). The summed E-state index contributed by atoms with van der Waals surface area (Å²) in [6, 6.07) is 11.5. The van der Waals surface area contributed by atoms with E-state index in [1.165, 1.54) is 0 Å². The van der Waals surface area contributed by atoms with E-state index in [2.05, 4.69) is 26.2 Å². The third-order valence-electron chi connectivity index (χ3n) is 3.57. The molecule has 0 aliphatic rings. The Morgan fingerprint density at radius 1 is 1.32 bits per heavy atom. The van der Waals surface area contributed by atoms with E-state index in [0.717, 1.165) is 27.1 Å². The molecule has 5 heteroatoms. The molecule has 0 aliphatic carbocycles. The number of halogens is 1. The van der Waals surface area contributed by atoms with Crippen LogP contribution in [0, 0.1) is 6.92 Å². The molecule has 0 fully saturated rings. The van der Waals surface area contributed by atoms with Crippen LogP contribution < -0.4 is 5.32 Å². The molecule has 0 aliphatic heterocycles. The van der Waals surface area contributed by atoms with E-state index < -0.39 is 0 Å². The maximum absolute atomic E-state index is 12.7. The van der Waals surface area contributed by atoms with E-state index in [9.17, 15) is 4.79 Å². The molecule has 1 aromatic carbocycles. The minimum atomic E-state index is -0.141. The standard InChI is InChI=1S/C17H16BrN3O/c1-3-14-16(21-9-5-4-6-15(21)20-14)17(22)19-12-7-8-13(18)11(2)10-12/h4-10H,3H2,1-2H3,(H,19,22). The molecule has 112 valence electrons. The molecule has 0 saturated carbocycles. The smallest absolute Gasteiger partial charge is 0.274 e. The number of imidazole rings is 1. The van der Waals surface area contributed by atoms with Gasteiger partial charge in [0.15, 0.2) is 0 Å². The first-order chi connectivity index (χ1) is 10.6. The summed E-state index contributed by atoms with van der Waals surface area (Å²) in [7, 11) is 0. The van der Waals surface area contributed by atoms with E-state index in [1.807, 2.05) is 60.8 Å². The Balaban J connectivity index is 1.99. The van der Waals surface area contributed by atoms with Gasteiger partial charge in [0.1, 0.15) is 11.3 Å². The number of anilines is 1. The first-order valence-corrected chi connectivity index (χ1v) is 7.93. The van der Waals surface area contributed by atoms with Crippen molar-refractivity contribution in [2.45, 2.75) is 20.3 Å². The number of pyridine rings is 1. The van der Waals surface area contributed by atoms with Crippen molar-refractivity contribution in [1.29, 1.82) is 0 Å². The van der Waals surface area contributed by atoms with Crippen LogP contribution in [0.2, 0.25) is 0 Å². The number of carbonyl (C=O) groups excluding carboxylic acids is 1. The topological polar surface area (TPSA) is 46.4 Å². The van der Waals surface area contributed by atoms with Crippen molar-refractivity contribution in [2.75, 3.05) is 5.32 Å². The van der Waals surface area contributed by atoms with Crippen molar-refractivity contribution in [3.63, 3.8) is 0 Å². The number of carbonyl (C=O) groups is 1. The highest BCUT2D eigenvalue weighted by Gasteiger charge is 2.18. The summed E-state index contributed by atoms with van der Waals surface area (Å²) >= 11 is 3.46. The average Bonchev–Trinajstić information content (AvgIpc) is 2.89. The van der Waals surface area contributed by atoms with Crippen LogP contribution in [0.5, 0.6) is 0 Å². The summed E-state index contributed by atoms with van der Waals surface area (Å²) < 4.78 is 2.86. The molecule has 0 radical (unpaired) electrons. The van der Waals surface area contributed by atoms with Gasteiger partial charge < -0.3 is 5.32 Å². The van der Waals surface area contributed by atoms with Crippen molar-refractivity contribution in [1.82, 2.24) is 9.38 Å². The Morgan fingerprint density at radius 2 is 2.14 bits per heavy atom. The Labute approximate surface area is 137 Å². The van der Waals surface area contributed by atoms with Gasteiger partial charge in [0.2, 0.25) is 0 Å². The second-order valence-electron chi connectivity index (χ2n) is 5.11. The van der Waals surface area contributed by atoms with Crippen molar-refractivity contribution in [3.05, 3.63) is 64.0 Å². The maximum Gasteiger partial charge on any atom is 0.274 e. The van der Waals surface area contributed by atoms with Crippen LogP contribution in [0.25, 0.3) is 5.65 Å². The number of aromatic nitrogens is 2. The summed E-state index contributed by atoms with van der Waals surface area (Å²) in [5.74, 6) is -0.141. The molecule has 2 aromatic heterocycles. The fraction of sp³-hybridized carbons (Fsp3) is 0.176. The number of hydrogen-bond acceptors (Lipinski definition) is 2. The summed E-state index contributed by atoms with van der Waals surface area (Å²) in [4.78, 5) is 17.2. The van der Waals surface area contributed by atoms with Crippen LogP contribution in [-0.2, 0) is 6.42 Å². The lowest BCUT2D eigenvalue weighted by atomic mass is 10.2. The molecule has 3 aromatic rings. The number of nitrogens with one attached hydrogen (secondary N) is 1. The lowest BCUT2D eigenvalue weighted by Crippen LogP contribution is -2.16. The van der Waals surface area contributed by atoms with Gasteiger partial charge in [-0.1, -0.05) is 28.9 Å². The van der Waals surface area contributed by atoms with E-state index in [0.29, 0.717) is 12.1 Å². The third kappa shape index (κ3) is 2.64. The Hall–Kier alpha value is -2.14. The number of nitrogens with zero attached hydrogens (tertiary/aromatic N) is 2. The molecule has 0 spiro atoms. The maximum atomic E-state index is 12.7. The number of amides is 1. The van der Waals surface area contributed by atoms with Crippen molar-refractivity contribution < 1.29 is 4.79 Å². The Kier molecular flexibility index (Phi) is 3.98. The van der Waals surface area contributed by atoms with Crippen LogP contribution in [0.3, 0.4) is 0 Å². The third-order valence-corrected chi connectivity index (χ3v) is 4.46. The number of benzene rings is 1. The molecule has 2 heterocycles. The van der Waals surface area contributed by atoms with Gasteiger partial charge in [-0.15, -0.1) is 0 Å². The predicted octanol–water partition coefficient (Wildman–Crippen LogP) is 4.22. The van der Waals surface area contributed by atoms with Crippen LogP contribution in [0.4, 0.5) is 5.69 Å². The van der Waals surface area contributed by atoms with Crippen molar-refractivity contribution >= 4 is 33.2 Å². The van der Waals surface area contributed by atoms with Gasteiger partial charge in [-0.25, -0.2) is 4.98 Å². The van der Waals surface area contributed by atoms with Crippen molar-refractivity contribution in [2.24, 2.45) is 0 Å². The molecule has 1 amide bonds. The van der Waals surface area contributed by atoms with E-state index >= 15 is 0 Å². The van der Waals surface area contributed by atoms with Crippen LogP contribution in [0.1, 0.15) is 28.7 Å². The van der Waals surface area contributed by atoms with E-state index in [-0.39, 0.29) is 5.91 Å². The number of aryl methyl sites for hydroxylation is 2. The van der Waals surface area contributed by atoms with Gasteiger partial charge >= 0.3 is 0 Å². The zero-order chi connectivity index (χ0) is 15.7. The molecule has 0 unspecified atom stereocenters. The first kappa shape index (κ1) is 14.8. The summed E-state index contributed by atoms with van der Waals surface area (Å²) in [6.07, 6.45) is 2.58.